The number of benzene rings is 1. The summed E-state index contributed by atoms with van der Waals surface area (Å²) in [6.07, 6.45) is -4.79. The maximum atomic E-state index is 12.2. The second-order valence-electron chi connectivity index (χ2n) is 3.34. The number of halogens is 3. The van der Waals surface area contributed by atoms with Crippen molar-refractivity contribution in [2.45, 2.75) is 20.2 Å². The fourth-order valence-electron chi connectivity index (χ4n) is 1.24. The summed E-state index contributed by atoms with van der Waals surface area (Å²) in [6.45, 7) is 3.31. The van der Waals surface area contributed by atoms with Gasteiger partial charge in [0.1, 0.15) is 6.07 Å². The summed E-state index contributed by atoms with van der Waals surface area (Å²) in [6, 6.07) is 5.96. The maximum absolute atomic E-state index is 12.2. The minimum Gasteiger partial charge on any atom is -0.404 e. The number of para-hydroxylation sites is 1. The van der Waals surface area contributed by atoms with Crippen molar-refractivity contribution in [2.24, 2.45) is 0 Å². The molecule has 0 saturated heterocycles. The number of ether oxygens (including phenoxy) is 1. The number of nitrogens with zero attached hydrogens (tertiary/aromatic N) is 1. The molecule has 0 unspecified atom stereocenters. The number of rotatable bonds is 2. The van der Waals surface area contributed by atoms with E-state index in [0.717, 1.165) is 0 Å². The molecule has 0 N–H and O–H groups in total. The Bertz CT molecular complexity index is 418. The number of hydrogen-bond donors (Lipinski definition) is 0. The summed E-state index contributed by atoms with van der Waals surface area (Å²) in [5.41, 5.74) is 0.160. The van der Waals surface area contributed by atoms with Crippen molar-refractivity contribution >= 4 is 0 Å². The molecule has 0 aliphatic rings. The van der Waals surface area contributed by atoms with Crippen molar-refractivity contribution in [1.29, 1.82) is 5.26 Å². The largest absolute Gasteiger partial charge is 0.573 e. The lowest BCUT2D eigenvalue weighted by Gasteiger charge is -2.16. The van der Waals surface area contributed by atoms with Crippen molar-refractivity contribution in [1.82, 2.24) is 0 Å². The second kappa shape index (κ2) is 4.44. The van der Waals surface area contributed by atoms with E-state index in [2.05, 4.69) is 4.74 Å². The van der Waals surface area contributed by atoms with Gasteiger partial charge in [0.2, 0.25) is 0 Å². The van der Waals surface area contributed by atoms with E-state index in [1.165, 1.54) is 18.2 Å². The van der Waals surface area contributed by atoms with Crippen LogP contribution >= 0.6 is 0 Å². The van der Waals surface area contributed by atoms with Crippen molar-refractivity contribution in [3.8, 4) is 11.8 Å². The molecule has 16 heavy (non-hydrogen) atoms. The molecule has 85 valence electrons. The van der Waals surface area contributed by atoms with Gasteiger partial charge in [0.15, 0.2) is 5.75 Å². The average molecular weight is 228 g/mol. The van der Waals surface area contributed by atoms with E-state index in [1.54, 1.807) is 19.9 Å². The van der Waals surface area contributed by atoms with Crippen LogP contribution in [0, 0.1) is 17.2 Å². The average Bonchev–Trinajstić information content (AvgIpc) is 2.15. The smallest absolute Gasteiger partial charge is 0.404 e. The zero-order chi connectivity index (χ0) is 12.3. The first-order valence-electron chi connectivity index (χ1n) is 4.44. The lowest BCUT2D eigenvalue weighted by molar-refractivity contribution is -0.274. The zero-order valence-electron chi connectivity index (χ0n) is 8.72. The SMILES string of the molecule is C[C](C)c1cccc(C#N)c1OC(F)(F)F. The Labute approximate surface area is 91.3 Å². The summed E-state index contributed by atoms with van der Waals surface area (Å²) < 4.78 is 40.4. The molecule has 0 fully saturated rings. The highest BCUT2D eigenvalue weighted by Crippen LogP contribution is 2.33. The van der Waals surface area contributed by atoms with Gasteiger partial charge in [-0.1, -0.05) is 26.0 Å². The molecular weight excluding hydrogens is 219 g/mol. The Balaban J connectivity index is 3.27. The topological polar surface area (TPSA) is 33.0 Å². The summed E-state index contributed by atoms with van der Waals surface area (Å²) >= 11 is 0. The van der Waals surface area contributed by atoms with Crippen molar-refractivity contribution < 1.29 is 17.9 Å². The van der Waals surface area contributed by atoms with Crippen LogP contribution in [0.5, 0.6) is 5.75 Å². The van der Waals surface area contributed by atoms with Gasteiger partial charge in [0, 0.05) is 11.5 Å². The van der Waals surface area contributed by atoms with Crippen molar-refractivity contribution in [3.63, 3.8) is 0 Å². The zero-order valence-corrected chi connectivity index (χ0v) is 8.72. The molecule has 5 heteroatoms. The molecule has 0 bridgehead atoms. The molecule has 1 radical (unpaired) electrons. The van der Waals surface area contributed by atoms with Gasteiger partial charge in [0.25, 0.3) is 0 Å². The first-order valence-corrected chi connectivity index (χ1v) is 4.44. The molecule has 2 nitrogen and oxygen atoms in total. The van der Waals surface area contributed by atoms with Crippen LogP contribution in [-0.2, 0) is 0 Å². The Hall–Kier alpha value is -1.70. The van der Waals surface area contributed by atoms with E-state index in [4.69, 9.17) is 5.26 Å². The van der Waals surface area contributed by atoms with E-state index in [0.29, 0.717) is 5.92 Å². The van der Waals surface area contributed by atoms with Crippen LogP contribution in [0.4, 0.5) is 13.2 Å². The molecule has 1 aromatic rings. The van der Waals surface area contributed by atoms with Crippen LogP contribution in [-0.4, -0.2) is 6.36 Å². The molecular formula is C11H9F3NO. The fourth-order valence-corrected chi connectivity index (χ4v) is 1.24. The van der Waals surface area contributed by atoms with Gasteiger partial charge < -0.3 is 4.74 Å². The fraction of sp³-hybridized carbons (Fsp3) is 0.273. The molecule has 0 aromatic heterocycles. The Kier molecular flexibility index (Phi) is 3.43. The van der Waals surface area contributed by atoms with Crippen LogP contribution in [0.2, 0.25) is 0 Å². The van der Waals surface area contributed by atoms with Crippen LogP contribution < -0.4 is 4.74 Å². The molecule has 0 saturated carbocycles. The number of hydrogen-bond acceptors (Lipinski definition) is 2. The third-order valence-corrected chi connectivity index (χ3v) is 1.89. The first-order chi connectivity index (χ1) is 7.35. The van der Waals surface area contributed by atoms with E-state index in [-0.39, 0.29) is 11.1 Å². The van der Waals surface area contributed by atoms with Crippen LogP contribution in [0.25, 0.3) is 0 Å². The quantitative estimate of drug-likeness (QED) is 0.776. The molecule has 0 aliphatic heterocycles. The minimum absolute atomic E-state index is 0.129. The third kappa shape index (κ3) is 2.89. The molecule has 0 aliphatic carbocycles. The molecule has 0 amide bonds. The normalized spacial score (nSPS) is 11.3. The highest BCUT2D eigenvalue weighted by atomic mass is 19.4. The van der Waals surface area contributed by atoms with Gasteiger partial charge in [-0.05, 0) is 6.07 Å². The summed E-state index contributed by atoms with van der Waals surface area (Å²) in [7, 11) is 0. The molecule has 1 aromatic carbocycles. The van der Waals surface area contributed by atoms with Crippen LogP contribution in [0.1, 0.15) is 25.0 Å². The highest BCUT2D eigenvalue weighted by molar-refractivity contribution is 5.53. The number of alkyl halides is 3. The molecule has 1 rings (SSSR count). The summed E-state index contributed by atoms with van der Waals surface area (Å²) in [5.74, 6) is 0.217. The Morgan fingerprint density at radius 3 is 2.38 bits per heavy atom. The summed E-state index contributed by atoms with van der Waals surface area (Å²) in [4.78, 5) is 0. The number of nitriles is 1. The first kappa shape index (κ1) is 12.4. The summed E-state index contributed by atoms with van der Waals surface area (Å²) in [5, 5.41) is 8.71. The van der Waals surface area contributed by atoms with Crippen molar-refractivity contribution in [3.05, 3.63) is 35.2 Å². The van der Waals surface area contributed by atoms with E-state index in [1.807, 2.05) is 0 Å². The van der Waals surface area contributed by atoms with Gasteiger partial charge >= 0.3 is 6.36 Å². The minimum atomic E-state index is -4.79. The van der Waals surface area contributed by atoms with Gasteiger partial charge in [-0.3, -0.25) is 0 Å². The standard InChI is InChI=1S/C11H9F3NO/c1-7(2)9-5-3-4-8(6-15)10(9)16-11(12,13)14/h3-5H,1-2H3. The molecule has 0 atom stereocenters. The van der Waals surface area contributed by atoms with Gasteiger partial charge in [-0.2, -0.15) is 5.26 Å². The lowest BCUT2D eigenvalue weighted by atomic mass is 9.99. The van der Waals surface area contributed by atoms with Gasteiger partial charge in [-0.15, -0.1) is 13.2 Å². The Morgan fingerprint density at radius 2 is 1.94 bits per heavy atom. The lowest BCUT2D eigenvalue weighted by Crippen LogP contribution is -2.19. The van der Waals surface area contributed by atoms with Crippen LogP contribution in [0.3, 0.4) is 0 Å². The third-order valence-electron chi connectivity index (χ3n) is 1.89. The van der Waals surface area contributed by atoms with E-state index in [9.17, 15) is 13.2 Å². The van der Waals surface area contributed by atoms with Gasteiger partial charge in [-0.25, -0.2) is 0 Å². The second-order valence-corrected chi connectivity index (χ2v) is 3.34. The Morgan fingerprint density at radius 1 is 1.31 bits per heavy atom. The van der Waals surface area contributed by atoms with E-state index < -0.39 is 12.1 Å². The predicted octanol–water partition coefficient (Wildman–Crippen LogP) is 3.42. The highest BCUT2D eigenvalue weighted by Gasteiger charge is 2.33. The van der Waals surface area contributed by atoms with Crippen molar-refractivity contribution in [2.75, 3.05) is 0 Å². The maximum Gasteiger partial charge on any atom is 0.573 e. The predicted molar refractivity (Wildman–Crippen MR) is 51.5 cm³/mol. The van der Waals surface area contributed by atoms with Crippen LogP contribution in [0.15, 0.2) is 18.2 Å². The van der Waals surface area contributed by atoms with Gasteiger partial charge in [0.05, 0.1) is 5.56 Å². The molecule has 0 heterocycles. The van der Waals surface area contributed by atoms with E-state index >= 15 is 0 Å². The monoisotopic (exact) mass is 228 g/mol. The molecule has 0 spiro atoms.